The van der Waals surface area contributed by atoms with Crippen molar-refractivity contribution in [3.63, 3.8) is 0 Å². The van der Waals surface area contributed by atoms with E-state index in [0.717, 1.165) is 12.8 Å². The van der Waals surface area contributed by atoms with E-state index in [1.165, 1.54) is 11.1 Å². The Morgan fingerprint density at radius 3 is 1.58 bits per heavy atom. The van der Waals surface area contributed by atoms with Crippen LogP contribution in [0.25, 0.3) is 0 Å². The standard InChI is InChI=1S/C35H38N4O4/c1-3-38(2)34(42)24-14-16-25(17-15-24)35(43)39-20-28(32(40)36-30-18-26(30)22-10-6-4-7-11-22)29(21-39)33(41)37-31-19-27(31)23-12-8-5-9-13-23/h4-17,26-31H,3,18-21H2,1-2H3,(H,36,40)(H,37,41)/t26-,27-,28-,29-,30+,31+/m1/s1. The summed E-state index contributed by atoms with van der Waals surface area (Å²) in [6.07, 6.45) is 1.72. The molecule has 1 heterocycles. The molecule has 0 radical (unpaired) electrons. The summed E-state index contributed by atoms with van der Waals surface area (Å²) in [6.45, 7) is 2.81. The van der Waals surface area contributed by atoms with E-state index in [1.807, 2.05) is 43.3 Å². The van der Waals surface area contributed by atoms with Gasteiger partial charge in [0.2, 0.25) is 11.8 Å². The number of hydrogen-bond acceptors (Lipinski definition) is 4. The fourth-order valence-electron chi connectivity index (χ4n) is 6.23. The van der Waals surface area contributed by atoms with Gasteiger partial charge in [-0.15, -0.1) is 0 Å². The number of carbonyl (C=O) groups excluding carboxylic acids is 4. The smallest absolute Gasteiger partial charge is 0.253 e. The van der Waals surface area contributed by atoms with E-state index < -0.39 is 11.8 Å². The third-order valence-electron chi connectivity index (χ3n) is 9.17. The Bertz CT molecular complexity index is 1420. The molecule has 0 spiro atoms. The molecule has 4 amide bonds. The van der Waals surface area contributed by atoms with Crippen molar-refractivity contribution >= 4 is 23.6 Å². The summed E-state index contributed by atoms with van der Waals surface area (Å²) < 4.78 is 0. The van der Waals surface area contributed by atoms with Crippen LogP contribution in [0.5, 0.6) is 0 Å². The fraction of sp³-hybridized carbons (Fsp3) is 0.371. The maximum absolute atomic E-state index is 13.6. The highest BCUT2D eigenvalue weighted by Gasteiger charge is 2.48. The minimum absolute atomic E-state index is 0.0283. The Hall–Kier alpha value is -4.46. The van der Waals surface area contributed by atoms with Gasteiger partial charge in [0.15, 0.2) is 0 Å². The van der Waals surface area contributed by atoms with Crippen LogP contribution in [0.3, 0.4) is 0 Å². The lowest BCUT2D eigenvalue weighted by atomic mass is 9.94. The highest BCUT2D eigenvalue weighted by Crippen LogP contribution is 2.42. The molecule has 3 aromatic carbocycles. The summed E-state index contributed by atoms with van der Waals surface area (Å²) in [5.74, 6) is -1.49. The molecule has 2 aliphatic carbocycles. The Morgan fingerprint density at radius 1 is 0.698 bits per heavy atom. The second-order valence-electron chi connectivity index (χ2n) is 12.1. The van der Waals surface area contributed by atoms with E-state index >= 15 is 0 Å². The van der Waals surface area contributed by atoms with Gasteiger partial charge in [0.1, 0.15) is 0 Å². The molecule has 8 heteroatoms. The van der Waals surface area contributed by atoms with E-state index in [1.54, 1.807) is 41.1 Å². The second-order valence-corrected chi connectivity index (χ2v) is 12.1. The number of amides is 4. The lowest BCUT2D eigenvalue weighted by molar-refractivity contribution is -0.133. The van der Waals surface area contributed by atoms with Crippen LogP contribution in [0.4, 0.5) is 0 Å². The van der Waals surface area contributed by atoms with Gasteiger partial charge in [-0.05, 0) is 55.2 Å². The van der Waals surface area contributed by atoms with Crippen LogP contribution in [0.1, 0.15) is 63.4 Å². The third-order valence-corrected chi connectivity index (χ3v) is 9.17. The molecule has 1 aliphatic heterocycles. The van der Waals surface area contributed by atoms with Gasteiger partial charge in [-0.2, -0.15) is 0 Å². The number of nitrogens with zero attached hydrogens (tertiary/aromatic N) is 2. The van der Waals surface area contributed by atoms with Gasteiger partial charge >= 0.3 is 0 Å². The molecule has 3 aliphatic rings. The molecule has 2 N–H and O–H groups in total. The van der Waals surface area contributed by atoms with Crippen LogP contribution in [0, 0.1) is 11.8 Å². The van der Waals surface area contributed by atoms with Gasteiger partial charge in [-0.25, -0.2) is 0 Å². The minimum atomic E-state index is -0.644. The van der Waals surface area contributed by atoms with Crippen molar-refractivity contribution in [1.82, 2.24) is 20.4 Å². The zero-order valence-corrected chi connectivity index (χ0v) is 24.6. The molecule has 6 rings (SSSR count). The van der Waals surface area contributed by atoms with E-state index in [0.29, 0.717) is 17.7 Å². The van der Waals surface area contributed by atoms with Crippen LogP contribution < -0.4 is 10.6 Å². The van der Waals surface area contributed by atoms with Crippen molar-refractivity contribution in [2.24, 2.45) is 11.8 Å². The molecular formula is C35H38N4O4. The second kappa shape index (κ2) is 12.0. The minimum Gasteiger partial charge on any atom is -0.352 e. The summed E-state index contributed by atoms with van der Waals surface area (Å²) in [4.78, 5) is 56.5. The van der Waals surface area contributed by atoms with Gasteiger partial charge in [-0.1, -0.05) is 60.7 Å². The van der Waals surface area contributed by atoms with E-state index in [2.05, 4.69) is 34.9 Å². The summed E-state index contributed by atoms with van der Waals surface area (Å²) >= 11 is 0. The first-order valence-corrected chi connectivity index (χ1v) is 15.2. The van der Waals surface area contributed by atoms with Crippen LogP contribution in [0.15, 0.2) is 84.9 Å². The predicted octanol–water partition coefficient (Wildman–Crippen LogP) is 3.81. The maximum Gasteiger partial charge on any atom is 0.253 e. The van der Waals surface area contributed by atoms with Crippen molar-refractivity contribution < 1.29 is 19.2 Å². The highest BCUT2D eigenvalue weighted by atomic mass is 16.2. The lowest BCUT2D eigenvalue weighted by Crippen LogP contribution is -2.43. The SMILES string of the molecule is CCN(C)C(=O)c1ccc(C(=O)N2C[C@@H](C(=O)N[C@H]3C[C@@H]3c3ccccc3)[C@H](C(=O)N[C@H]3C[C@@H]3c3ccccc3)C2)cc1. The fourth-order valence-corrected chi connectivity index (χ4v) is 6.23. The zero-order chi connectivity index (χ0) is 30.1. The van der Waals surface area contributed by atoms with Crippen LogP contribution in [0.2, 0.25) is 0 Å². The quantitative estimate of drug-likeness (QED) is 0.404. The summed E-state index contributed by atoms with van der Waals surface area (Å²) in [6, 6.07) is 26.9. The predicted molar refractivity (Wildman–Crippen MR) is 163 cm³/mol. The Balaban J connectivity index is 1.15. The Morgan fingerprint density at radius 2 is 1.14 bits per heavy atom. The third kappa shape index (κ3) is 6.19. The molecule has 8 nitrogen and oxygen atoms in total. The van der Waals surface area contributed by atoms with Crippen molar-refractivity contribution in [2.45, 2.75) is 43.7 Å². The molecule has 0 aromatic heterocycles. The molecule has 0 unspecified atom stereocenters. The number of nitrogens with one attached hydrogen (secondary N) is 2. The number of likely N-dealkylation sites (tertiary alicyclic amines) is 1. The molecule has 0 bridgehead atoms. The van der Waals surface area contributed by atoms with Gasteiger partial charge < -0.3 is 20.4 Å². The molecule has 6 atom stereocenters. The van der Waals surface area contributed by atoms with E-state index in [9.17, 15) is 19.2 Å². The lowest BCUT2D eigenvalue weighted by Gasteiger charge is -2.18. The van der Waals surface area contributed by atoms with Gasteiger partial charge in [0, 0.05) is 61.7 Å². The van der Waals surface area contributed by atoms with Crippen LogP contribution in [-0.4, -0.2) is 72.2 Å². The van der Waals surface area contributed by atoms with E-state index in [4.69, 9.17) is 0 Å². The molecular weight excluding hydrogens is 540 g/mol. The van der Waals surface area contributed by atoms with Crippen molar-refractivity contribution in [3.8, 4) is 0 Å². The van der Waals surface area contributed by atoms with Crippen molar-refractivity contribution in [2.75, 3.05) is 26.7 Å². The van der Waals surface area contributed by atoms with Crippen LogP contribution >= 0.6 is 0 Å². The van der Waals surface area contributed by atoms with Gasteiger partial charge in [0.25, 0.3) is 11.8 Å². The number of hydrogen-bond donors (Lipinski definition) is 2. The van der Waals surface area contributed by atoms with E-state index in [-0.39, 0.29) is 60.6 Å². The molecule has 3 aromatic rings. The number of benzene rings is 3. The Labute approximate surface area is 252 Å². The summed E-state index contributed by atoms with van der Waals surface area (Å²) in [5.41, 5.74) is 3.32. The molecule has 1 saturated heterocycles. The largest absolute Gasteiger partial charge is 0.352 e. The number of carbonyl (C=O) groups is 4. The average Bonchev–Trinajstić information content (AvgIpc) is 3.95. The monoisotopic (exact) mass is 578 g/mol. The highest BCUT2D eigenvalue weighted by molar-refractivity contribution is 5.99. The normalized spacial score (nSPS) is 25.5. The molecule has 3 fully saturated rings. The molecule has 222 valence electrons. The topological polar surface area (TPSA) is 98.8 Å². The van der Waals surface area contributed by atoms with Crippen molar-refractivity contribution in [3.05, 3.63) is 107 Å². The van der Waals surface area contributed by atoms with Crippen molar-refractivity contribution in [1.29, 1.82) is 0 Å². The maximum atomic E-state index is 13.6. The molecule has 2 saturated carbocycles. The molecule has 43 heavy (non-hydrogen) atoms. The Kier molecular flexibility index (Phi) is 8.02. The average molecular weight is 579 g/mol. The summed E-state index contributed by atoms with van der Waals surface area (Å²) in [5, 5.41) is 6.34. The number of rotatable bonds is 9. The first-order chi connectivity index (χ1) is 20.8. The first kappa shape index (κ1) is 28.6. The zero-order valence-electron chi connectivity index (χ0n) is 24.6. The van der Waals surface area contributed by atoms with Gasteiger partial charge in [-0.3, -0.25) is 19.2 Å². The van der Waals surface area contributed by atoms with Gasteiger partial charge in [0.05, 0.1) is 11.8 Å². The summed E-state index contributed by atoms with van der Waals surface area (Å²) in [7, 11) is 1.73. The first-order valence-electron chi connectivity index (χ1n) is 15.2. The van der Waals surface area contributed by atoms with Crippen LogP contribution in [-0.2, 0) is 9.59 Å².